The Hall–Kier alpha value is -1.89. The van der Waals surface area contributed by atoms with Crippen molar-refractivity contribution in [3.8, 4) is 0 Å². The lowest BCUT2D eigenvalue weighted by molar-refractivity contribution is 0.0951. The molecule has 1 aliphatic carbocycles. The summed E-state index contributed by atoms with van der Waals surface area (Å²) in [5.74, 6) is 0.821. The van der Waals surface area contributed by atoms with E-state index in [4.69, 9.17) is 0 Å². The van der Waals surface area contributed by atoms with Crippen LogP contribution in [-0.4, -0.2) is 5.78 Å². The molecule has 0 aliphatic heterocycles. The normalized spacial score (nSPS) is 17.6. The Kier molecular flexibility index (Phi) is 3.92. The fourth-order valence-electron chi connectivity index (χ4n) is 3.26. The van der Waals surface area contributed by atoms with Gasteiger partial charge in [-0.2, -0.15) is 0 Å². The summed E-state index contributed by atoms with van der Waals surface area (Å²) in [4.78, 5) is 12.8. The third kappa shape index (κ3) is 2.78. The summed E-state index contributed by atoms with van der Waals surface area (Å²) in [5.41, 5.74) is 4.72. The highest BCUT2D eigenvalue weighted by Crippen LogP contribution is 2.34. The minimum Gasteiger partial charge on any atom is -0.293 e. The number of benzene rings is 2. The van der Waals surface area contributed by atoms with Crippen LogP contribution in [0.1, 0.15) is 65.6 Å². The van der Waals surface area contributed by atoms with E-state index >= 15 is 0 Å². The Labute approximate surface area is 127 Å². The van der Waals surface area contributed by atoms with Gasteiger partial charge in [-0.15, -0.1) is 0 Å². The van der Waals surface area contributed by atoms with Crippen molar-refractivity contribution in [1.82, 2.24) is 0 Å². The molecule has 1 heteroatoms. The zero-order chi connectivity index (χ0) is 14.8. The molecule has 3 rings (SSSR count). The van der Waals surface area contributed by atoms with Gasteiger partial charge in [0, 0.05) is 11.5 Å². The van der Waals surface area contributed by atoms with Crippen LogP contribution in [0.2, 0.25) is 0 Å². The van der Waals surface area contributed by atoms with Crippen molar-refractivity contribution in [3.05, 3.63) is 70.8 Å². The monoisotopic (exact) mass is 278 g/mol. The van der Waals surface area contributed by atoms with E-state index in [2.05, 4.69) is 44.2 Å². The summed E-state index contributed by atoms with van der Waals surface area (Å²) in [5, 5.41) is 0. The van der Waals surface area contributed by atoms with Gasteiger partial charge in [0.05, 0.1) is 0 Å². The SMILES string of the molecule is CC(C)c1ccc(C(=O)C2CCCc3ccccc32)cc1. The summed E-state index contributed by atoms with van der Waals surface area (Å²) in [7, 11) is 0. The molecule has 1 aliphatic rings. The molecule has 2 aromatic carbocycles. The highest BCUT2D eigenvalue weighted by Gasteiger charge is 2.26. The summed E-state index contributed by atoms with van der Waals surface area (Å²) < 4.78 is 0. The Morgan fingerprint density at radius 3 is 2.48 bits per heavy atom. The van der Waals surface area contributed by atoms with E-state index in [9.17, 15) is 4.79 Å². The van der Waals surface area contributed by atoms with Crippen LogP contribution in [0.25, 0.3) is 0 Å². The van der Waals surface area contributed by atoms with Gasteiger partial charge in [-0.25, -0.2) is 0 Å². The summed E-state index contributed by atoms with van der Waals surface area (Å²) in [6.07, 6.45) is 3.19. The van der Waals surface area contributed by atoms with Crippen LogP contribution < -0.4 is 0 Å². The molecule has 0 aromatic heterocycles. The first-order valence-electron chi connectivity index (χ1n) is 7.89. The van der Waals surface area contributed by atoms with Crippen LogP contribution in [0.4, 0.5) is 0 Å². The van der Waals surface area contributed by atoms with Gasteiger partial charge in [-0.05, 0) is 41.9 Å². The Bertz CT molecular complexity index is 637. The molecule has 0 N–H and O–H groups in total. The molecular formula is C20H22O. The number of carbonyl (C=O) groups is 1. The molecule has 0 fully saturated rings. The number of hydrogen-bond donors (Lipinski definition) is 0. The van der Waals surface area contributed by atoms with Crippen molar-refractivity contribution < 1.29 is 4.79 Å². The molecule has 0 spiro atoms. The van der Waals surface area contributed by atoms with Crippen LogP contribution in [0.15, 0.2) is 48.5 Å². The predicted molar refractivity (Wildman–Crippen MR) is 87.0 cm³/mol. The van der Waals surface area contributed by atoms with E-state index < -0.39 is 0 Å². The zero-order valence-electron chi connectivity index (χ0n) is 12.8. The highest BCUT2D eigenvalue weighted by molar-refractivity contribution is 6.01. The van der Waals surface area contributed by atoms with Gasteiger partial charge in [0.25, 0.3) is 0 Å². The minimum absolute atomic E-state index is 0.0415. The van der Waals surface area contributed by atoms with E-state index in [1.54, 1.807) is 0 Å². The zero-order valence-corrected chi connectivity index (χ0v) is 12.8. The Morgan fingerprint density at radius 1 is 1.05 bits per heavy atom. The fraction of sp³-hybridized carbons (Fsp3) is 0.350. The first kappa shape index (κ1) is 14.1. The molecule has 1 unspecified atom stereocenters. The van der Waals surface area contributed by atoms with E-state index in [1.165, 1.54) is 16.7 Å². The van der Waals surface area contributed by atoms with Crippen LogP contribution in [0.5, 0.6) is 0 Å². The summed E-state index contributed by atoms with van der Waals surface area (Å²) >= 11 is 0. The second-order valence-corrected chi connectivity index (χ2v) is 6.28. The lowest BCUT2D eigenvalue weighted by Gasteiger charge is -2.24. The molecule has 0 heterocycles. The third-order valence-electron chi connectivity index (χ3n) is 4.55. The van der Waals surface area contributed by atoms with E-state index in [0.29, 0.717) is 5.92 Å². The predicted octanol–water partition coefficient (Wildman–Crippen LogP) is 5.11. The maximum Gasteiger partial charge on any atom is 0.170 e. The number of rotatable bonds is 3. The number of Topliss-reactive ketones (excluding diaryl/α,β-unsaturated/α-hetero) is 1. The maximum atomic E-state index is 12.8. The van der Waals surface area contributed by atoms with Crippen molar-refractivity contribution in [2.45, 2.75) is 44.9 Å². The van der Waals surface area contributed by atoms with Gasteiger partial charge in [-0.3, -0.25) is 4.79 Å². The molecule has 0 saturated heterocycles. The topological polar surface area (TPSA) is 17.1 Å². The molecule has 108 valence electrons. The average Bonchev–Trinajstić information content (AvgIpc) is 2.53. The van der Waals surface area contributed by atoms with E-state index in [-0.39, 0.29) is 11.7 Å². The Morgan fingerprint density at radius 2 is 1.76 bits per heavy atom. The van der Waals surface area contributed by atoms with Gasteiger partial charge in [-0.1, -0.05) is 62.4 Å². The standard InChI is InChI=1S/C20H22O/c1-14(2)15-10-12-17(13-11-15)20(21)19-9-5-7-16-6-3-4-8-18(16)19/h3-4,6,8,10-14,19H,5,7,9H2,1-2H3. The largest absolute Gasteiger partial charge is 0.293 e. The minimum atomic E-state index is 0.0415. The van der Waals surface area contributed by atoms with Crippen LogP contribution in [0.3, 0.4) is 0 Å². The molecule has 0 bridgehead atoms. The van der Waals surface area contributed by atoms with Crippen LogP contribution in [-0.2, 0) is 6.42 Å². The molecular weight excluding hydrogens is 256 g/mol. The second-order valence-electron chi connectivity index (χ2n) is 6.28. The number of carbonyl (C=O) groups excluding carboxylic acids is 1. The first-order valence-corrected chi connectivity index (χ1v) is 7.89. The average molecular weight is 278 g/mol. The van der Waals surface area contributed by atoms with Crippen molar-refractivity contribution >= 4 is 5.78 Å². The Balaban J connectivity index is 1.89. The number of fused-ring (bicyclic) bond motifs is 1. The van der Waals surface area contributed by atoms with E-state index in [0.717, 1.165) is 24.8 Å². The lowest BCUT2D eigenvalue weighted by atomic mass is 9.79. The van der Waals surface area contributed by atoms with Gasteiger partial charge < -0.3 is 0 Å². The van der Waals surface area contributed by atoms with Gasteiger partial charge in [0.1, 0.15) is 0 Å². The van der Waals surface area contributed by atoms with Gasteiger partial charge >= 0.3 is 0 Å². The molecule has 2 aromatic rings. The molecule has 0 amide bonds. The first-order chi connectivity index (χ1) is 10.2. The number of hydrogen-bond acceptors (Lipinski definition) is 1. The summed E-state index contributed by atoms with van der Waals surface area (Å²) in [6.45, 7) is 4.35. The second kappa shape index (κ2) is 5.85. The fourth-order valence-corrected chi connectivity index (χ4v) is 3.26. The maximum absolute atomic E-state index is 12.8. The highest BCUT2D eigenvalue weighted by atomic mass is 16.1. The smallest absolute Gasteiger partial charge is 0.170 e. The van der Waals surface area contributed by atoms with Crippen LogP contribution in [0, 0.1) is 0 Å². The van der Waals surface area contributed by atoms with Crippen LogP contribution >= 0.6 is 0 Å². The quantitative estimate of drug-likeness (QED) is 0.713. The van der Waals surface area contributed by atoms with Crippen molar-refractivity contribution in [1.29, 1.82) is 0 Å². The third-order valence-corrected chi connectivity index (χ3v) is 4.55. The van der Waals surface area contributed by atoms with Gasteiger partial charge in [0.2, 0.25) is 0 Å². The number of ketones is 1. The van der Waals surface area contributed by atoms with Gasteiger partial charge in [0.15, 0.2) is 5.78 Å². The van der Waals surface area contributed by atoms with Crippen molar-refractivity contribution in [2.24, 2.45) is 0 Å². The van der Waals surface area contributed by atoms with Crippen molar-refractivity contribution in [3.63, 3.8) is 0 Å². The molecule has 0 radical (unpaired) electrons. The molecule has 21 heavy (non-hydrogen) atoms. The molecule has 0 saturated carbocycles. The lowest BCUT2D eigenvalue weighted by Crippen LogP contribution is -2.18. The molecule has 1 atom stereocenters. The van der Waals surface area contributed by atoms with E-state index in [1.807, 2.05) is 18.2 Å². The molecule has 1 nitrogen and oxygen atoms in total. The van der Waals surface area contributed by atoms with Crippen molar-refractivity contribution in [2.75, 3.05) is 0 Å². The summed E-state index contributed by atoms with van der Waals surface area (Å²) in [6, 6.07) is 16.6. The number of aryl methyl sites for hydroxylation is 1.